The summed E-state index contributed by atoms with van der Waals surface area (Å²) >= 11 is 2.47. The molecule has 1 heterocycles. The summed E-state index contributed by atoms with van der Waals surface area (Å²) in [6.07, 6.45) is 2.04. The maximum absolute atomic E-state index is 11.8. The number of nitrogens with zero attached hydrogens (tertiary/aromatic N) is 1. The van der Waals surface area contributed by atoms with Crippen molar-refractivity contribution in [3.05, 3.63) is 0 Å². The second-order valence-corrected chi connectivity index (χ2v) is 7.45. The number of likely N-dealkylation sites (tertiary alicyclic amines) is 1. The molecule has 0 radical (unpaired) electrons. The lowest BCUT2D eigenvalue weighted by atomic mass is 9.95. The van der Waals surface area contributed by atoms with Gasteiger partial charge in [-0.05, 0) is 39.5 Å². The summed E-state index contributed by atoms with van der Waals surface area (Å²) in [5, 5.41) is 0. The van der Waals surface area contributed by atoms with E-state index < -0.39 is 0 Å². The third-order valence-electron chi connectivity index (χ3n) is 2.84. The molecule has 0 aromatic carbocycles. The lowest BCUT2D eigenvalue weighted by molar-refractivity contribution is 0.0186. The van der Waals surface area contributed by atoms with Crippen LogP contribution >= 0.6 is 22.6 Å². The van der Waals surface area contributed by atoms with E-state index in [0.29, 0.717) is 3.92 Å². The molecule has 1 atom stereocenters. The van der Waals surface area contributed by atoms with E-state index in [1.165, 1.54) is 0 Å². The summed E-state index contributed by atoms with van der Waals surface area (Å²) in [6, 6.07) is 0. The molecule has 16 heavy (non-hydrogen) atoms. The van der Waals surface area contributed by atoms with Crippen molar-refractivity contribution < 1.29 is 9.53 Å². The number of rotatable bonds is 1. The van der Waals surface area contributed by atoms with Crippen LogP contribution in [0.1, 0.15) is 40.5 Å². The molecular formula is C12H22INO2. The molecule has 0 bridgehead atoms. The number of ether oxygens (including phenoxy) is 1. The highest BCUT2D eigenvalue weighted by Gasteiger charge is 2.28. The molecule has 1 rings (SSSR count). The van der Waals surface area contributed by atoms with Crippen LogP contribution in [0.15, 0.2) is 0 Å². The van der Waals surface area contributed by atoms with Gasteiger partial charge in [0.25, 0.3) is 0 Å². The predicted molar refractivity (Wildman–Crippen MR) is 74.0 cm³/mol. The average molecular weight is 339 g/mol. The average Bonchev–Trinajstić information content (AvgIpc) is 2.15. The minimum absolute atomic E-state index is 0.160. The number of carbonyl (C=O) groups is 1. The molecule has 3 nitrogen and oxygen atoms in total. The van der Waals surface area contributed by atoms with E-state index >= 15 is 0 Å². The quantitative estimate of drug-likeness (QED) is 0.541. The summed E-state index contributed by atoms with van der Waals surface area (Å²) < 4.78 is 6.05. The van der Waals surface area contributed by atoms with Crippen molar-refractivity contribution in [2.75, 3.05) is 13.1 Å². The minimum atomic E-state index is -0.384. The number of piperidine rings is 1. The van der Waals surface area contributed by atoms with Crippen molar-refractivity contribution in [3.8, 4) is 0 Å². The molecule has 1 fully saturated rings. The summed E-state index contributed by atoms with van der Waals surface area (Å²) in [4.78, 5) is 13.6. The first kappa shape index (κ1) is 14.1. The molecule has 0 saturated carbocycles. The van der Waals surface area contributed by atoms with E-state index in [-0.39, 0.29) is 11.7 Å². The van der Waals surface area contributed by atoms with E-state index in [9.17, 15) is 4.79 Å². The molecule has 1 aliphatic heterocycles. The third kappa shape index (κ3) is 4.47. The summed E-state index contributed by atoms with van der Waals surface area (Å²) in [7, 11) is 0. The fourth-order valence-electron chi connectivity index (χ4n) is 1.87. The highest BCUT2D eigenvalue weighted by molar-refractivity contribution is 14.1. The van der Waals surface area contributed by atoms with Gasteiger partial charge in [0.1, 0.15) is 5.60 Å². The van der Waals surface area contributed by atoms with E-state index in [0.717, 1.165) is 31.8 Å². The van der Waals surface area contributed by atoms with E-state index in [4.69, 9.17) is 4.74 Å². The molecule has 4 heteroatoms. The van der Waals surface area contributed by atoms with Gasteiger partial charge in [0, 0.05) is 17.0 Å². The van der Waals surface area contributed by atoms with Gasteiger partial charge in [0.05, 0.1) is 0 Å². The van der Waals surface area contributed by atoms with Crippen LogP contribution in [0.4, 0.5) is 4.79 Å². The van der Waals surface area contributed by atoms with Crippen LogP contribution in [-0.4, -0.2) is 33.6 Å². The van der Waals surface area contributed by atoms with E-state index in [2.05, 4.69) is 29.5 Å². The topological polar surface area (TPSA) is 29.5 Å². The second kappa shape index (κ2) is 5.56. The Morgan fingerprint density at radius 1 is 1.38 bits per heavy atom. The SMILES string of the molecule is CC(I)C1CCN(C(=O)OC(C)(C)C)CC1. The van der Waals surface area contributed by atoms with Crippen LogP contribution in [-0.2, 0) is 4.74 Å². The number of halogens is 1. The lowest BCUT2D eigenvalue weighted by Gasteiger charge is -2.34. The molecule has 94 valence electrons. The van der Waals surface area contributed by atoms with Gasteiger partial charge in [0.2, 0.25) is 0 Å². The minimum Gasteiger partial charge on any atom is -0.444 e. The molecule has 1 aliphatic rings. The van der Waals surface area contributed by atoms with Crippen LogP contribution < -0.4 is 0 Å². The number of amides is 1. The van der Waals surface area contributed by atoms with Crippen LogP contribution in [0.2, 0.25) is 0 Å². The van der Waals surface area contributed by atoms with Crippen LogP contribution in [0.3, 0.4) is 0 Å². The highest BCUT2D eigenvalue weighted by Crippen LogP contribution is 2.26. The van der Waals surface area contributed by atoms with Gasteiger partial charge < -0.3 is 9.64 Å². The molecule has 1 amide bonds. The van der Waals surface area contributed by atoms with Gasteiger partial charge >= 0.3 is 6.09 Å². The maximum atomic E-state index is 11.8. The fraction of sp³-hybridized carbons (Fsp3) is 0.917. The van der Waals surface area contributed by atoms with Crippen molar-refractivity contribution >= 4 is 28.7 Å². The molecule has 0 aliphatic carbocycles. The van der Waals surface area contributed by atoms with Gasteiger partial charge in [-0.1, -0.05) is 29.5 Å². The van der Waals surface area contributed by atoms with Gasteiger partial charge in [-0.25, -0.2) is 4.79 Å². The Hall–Kier alpha value is 0. The Labute approximate surface area is 112 Å². The van der Waals surface area contributed by atoms with Crippen molar-refractivity contribution in [2.45, 2.75) is 50.1 Å². The molecule has 0 aromatic heterocycles. The van der Waals surface area contributed by atoms with E-state index in [1.54, 1.807) is 0 Å². The Bertz CT molecular complexity index is 240. The fourth-order valence-corrected chi connectivity index (χ4v) is 2.59. The zero-order chi connectivity index (χ0) is 12.3. The number of hydrogen-bond acceptors (Lipinski definition) is 2. The first-order valence-electron chi connectivity index (χ1n) is 5.91. The van der Waals surface area contributed by atoms with Crippen LogP contribution in [0, 0.1) is 5.92 Å². The van der Waals surface area contributed by atoms with Crippen molar-refractivity contribution in [1.29, 1.82) is 0 Å². The maximum Gasteiger partial charge on any atom is 0.410 e. The summed E-state index contributed by atoms with van der Waals surface area (Å²) in [5.74, 6) is 0.749. The van der Waals surface area contributed by atoms with Crippen molar-refractivity contribution in [2.24, 2.45) is 5.92 Å². The zero-order valence-corrected chi connectivity index (χ0v) is 12.8. The van der Waals surface area contributed by atoms with E-state index in [1.807, 2.05) is 25.7 Å². The molecule has 0 N–H and O–H groups in total. The summed E-state index contributed by atoms with van der Waals surface area (Å²) in [6.45, 7) is 9.65. The second-order valence-electron chi connectivity index (χ2n) is 5.48. The first-order valence-corrected chi connectivity index (χ1v) is 7.16. The monoisotopic (exact) mass is 339 g/mol. The lowest BCUT2D eigenvalue weighted by Crippen LogP contribution is -2.42. The Morgan fingerprint density at radius 3 is 2.25 bits per heavy atom. The van der Waals surface area contributed by atoms with Crippen LogP contribution in [0.25, 0.3) is 0 Å². The Balaban J connectivity index is 2.39. The van der Waals surface area contributed by atoms with Crippen molar-refractivity contribution in [3.63, 3.8) is 0 Å². The molecule has 1 unspecified atom stereocenters. The molecule has 0 spiro atoms. The Kier molecular flexibility index (Phi) is 4.88. The van der Waals surface area contributed by atoms with Gasteiger partial charge in [-0.3, -0.25) is 0 Å². The van der Waals surface area contributed by atoms with Gasteiger partial charge in [-0.15, -0.1) is 0 Å². The standard InChI is InChI=1S/C12H22INO2/c1-9(13)10-5-7-14(8-6-10)11(15)16-12(2,3)4/h9-10H,5-8H2,1-4H3. The zero-order valence-electron chi connectivity index (χ0n) is 10.6. The molecule has 0 aromatic rings. The number of hydrogen-bond donors (Lipinski definition) is 0. The van der Waals surface area contributed by atoms with Crippen LogP contribution in [0.5, 0.6) is 0 Å². The van der Waals surface area contributed by atoms with Gasteiger partial charge in [0.15, 0.2) is 0 Å². The summed E-state index contributed by atoms with van der Waals surface area (Å²) in [5.41, 5.74) is -0.384. The predicted octanol–water partition coefficient (Wildman–Crippen LogP) is 3.46. The number of carbonyl (C=O) groups excluding carboxylic acids is 1. The molecule has 1 saturated heterocycles. The number of alkyl halides is 1. The first-order chi connectivity index (χ1) is 7.29. The highest BCUT2D eigenvalue weighted by atomic mass is 127. The third-order valence-corrected chi connectivity index (χ3v) is 3.86. The Morgan fingerprint density at radius 2 is 1.88 bits per heavy atom. The largest absolute Gasteiger partial charge is 0.444 e. The van der Waals surface area contributed by atoms with Gasteiger partial charge in [-0.2, -0.15) is 0 Å². The molecular weight excluding hydrogens is 317 g/mol. The van der Waals surface area contributed by atoms with Crippen molar-refractivity contribution in [1.82, 2.24) is 4.90 Å². The smallest absolute Gasteiger partial charge is 0.410 e. The normalized spacial score (nSPS) is 20.7.